The number of benzene rings is 1. The van der Waals surface area contributed by atoms with Gasteiger partial charge in [-0.25, -0.2) is 0 Å². The molecular formula is C13H17BrO. The molecule has 2 heteroatoms. The molecule has 0 aliphatic heterocycles. The first kappa shape index (κ1) is 11.0. The van der Waals surface area contributed by atoms with E-state index in [1.54, 1.807) is 0 Å². The van der Waals surface area contributed by atoms with E-state index >= 15 is 0 Å². The van der Waals surface area contributed by atoms with E-state index in [1.165, 1.54) is 18.4 Å². The van der Waals surface area contributed by atoms with E-state index in [-0.39, 0.29) is 0 Å². The summed E-state index contributed by atoms with van der Waals surface area (Å²) < 4.78 is 5.92. The lowest BCUT2D eigenvalue weighted by Gasteiger charge is -2.15. The molecular weight excluding hydrogens is 252 g/mol. The molecule has 0 radical (unpaired) electrons. The minimum absolute atomic E-state index is 0.431. The van der Waals surface area contributed by atoms with Crippen LogP contribution in [0, 0.1) is 5.41 Å². The Morgan fingerprint density at radius 1 is 1.33 bits per heavy atom. The quantitative estimate of drug-likeness (QED) is 0.739. The molecule has 1 aliphatic carbocycles. The third kappa shape index (κ3) is 2.54. The van der Waals surface area contributed by atoms with Crippen LogP contribution in [-0.2, 0) is 6.42 Å². The molecule has 0 N–H and O–H groups in total. The maximum absolute atomic E-state index is 5.92. The Morgan fingerprint density at radius 2 is 2.07 bits per heavy atom. The Labute approximate surface area is 100.0 Å². The number of hydrogen-bond donors (Lipinski definition) is 0. The molecule has 0 bridgehead atoms. The van der Waals surface area contributed by atoms with Gasteiger partial charge in [-0.15, -0.1) is 0 Å². The average Bonchev–Trinajstić information content (AvgIpc) is 3.07. The van der Waals surface area contributed by atoms with E-state index < -0.39 is 0 Å². The van der Waals surface area contributed by atoms with Crippen molar-refractivity contribution in [3.05, 3.63) is 29.8 Å². The van der Waals surface area contributed by atoms with Gasteiger partial charge in [0.25, 0.3) is 0 Å². The average molecular weight is 269 g/mol. The number of ether oxygens (including phenoxy) is 1. The molecule has 0 amide bonds. The molecule has 15 heavy (non-hydrogen) atoms. The maximum Gasteiger partial charge on any atom is 0.122 e. The van der Waals surface area contributed by atoms with Crippen LogP contribution in [0.15, 0.2) is 24.3 Å². The number of rotatable bonds is 5. The van der Waals surface area contributed by atoms with Gasteiger partial charge in [-0.2, -0.15) is 0 Å². The zero-order chi connectivity index (χ0) is 10.7. The molecule has 0 spiro atoms. The van der Waals surface area contributed by atoms with Gasteiger partial charge >= 0.3 is 0 Å². The van der Waals surface area contributed by atoms with Crippen LogP contribution in [0.2, 0.25) is 0 Å². The lowest BCUT2D eigenvalue weighted by Crippen LogP contribution is -2.14. The highest BCUT2D eigenvalue weighted by Gasteiger charge is 2.42. The SMILES string of the molecule is CCc1ccccc1OCC1(CBr)CC1. The van der Waals surface area contributed by atoms with Gasteiger partial charge in [0.15, 0.2) is 0 Å². The molecule has 1 aromatic rings. The van der Waals surface area contributed by atoms with E-state index in [9.17, 15) is 0 Å². The lowest BCUT2D eigenvalue weighted by molar-refractivity contribution is 0.249. The molecule has 0 unspecified atom stereocenters. The Bertz CT molecular complexity index is 331. The van der Waals surface area contributed by atoms with Gasteiger partial charge in [0.1, 0.15) is 5.75 Å². The lowest BCUT2D eigenvalue weighted by atomic mass is 10.1. The van der Waals surface area contributed by atoms with Crippen molar-refractivity contribution in [1.29, 1.82) is 0 Å². The normalized spacial score (nSPS) is 17.5. The minimum Gasteiger partial charge on any atom is -0.493 e. The van der Waals surface area contributed by atoms with Crippen molar-refractivity contribution in [3.8, 4) is 5.75 Å². The topological polar surface area (TPSA) is 9.23 Å². The first-order valence-electron chi connectivity index (χ1n) is 5.56. The van der Waals surface area contributed by atoms with Crippen LogP contribution in [-0.4, -0.2) is 11.9 Å². The standard InChI is InChI=1S/C13H17BrO/c1-2-11-5-3-4-6-12(11)15-10-13(9-14)7-8-13/h3-6H,2,7-10H2,1H3. The summed E-state index contributed by atoms with van der Waals surface area (Å²) >= 11 is 3.56. The van der Waals surface area contributed by atoms with E-state index in [0.29, 0.717) is 5.41 Å². The van der Waals surface area contributed by atoms with Crippen LogP contribution in [0.4, 0.5) is 0 Å². The van der Waals surface area contributed by atoms with Crippen LogP contribution in [0.1, 0.15) is 25.3 Å². The van der Waals surface area contributed by atoms with Crippen molar-refractivity contribution < 1.29 is 4.74 Å². The third-order valence-electron chi connectivity index (χ3n) is 3.13. The van der Waals surface area contributed by atoms with E-state index in [4.69, 9.17) is 4.74 Å². The van der Waals surface area contributed by atoms with Gasteiger partial charge in [-0.1, -0.05) is 41.1 Å². The summed E-state index contributed by atoms with van der Waals surface area (Å²) in [4.78, 5) is 0. The van der Waals surface area contributed by atoms with Gasteiger partial charge in [0.05, 0.1) is 6.61 Å². The number of para-hydroxylation sites is 1. The molecule has 1 fully saturated rings. The largest absolute Gasteiger partial charge is 0.493 e. The van der Waals surface area contributed by atoms with Crippen LogP contribution in [0.25, 0.3) is 0 Å². The highest BCUT2D eigenvalue weighted by atomic mass is 79.9. The second-order valence-electron chi connectivity index (χ2n) is 4.38. The minimum atomic E-state index is 0.431. The second kappa shape index (κ2) is 4.56. The molecule has 2 rings (SSSR count). The van der Waals surface area contributed by atoms with Crippen molar-refractivity contribution in [3.63, 3.8) is 0 Å². The molecule has 0 saturated heterocycles. The first-order chi connectivity index (χ1) is 7.29. The van der Waals surface area contributed by atoms with Crippen molar-refractivity contribution in [1.82, 2.24) is 0 Å². The Kier molecular flexibility index (Phi) is 3.35. The van der Waals surface area contributed by atoms with Gasteiger partial charge in [0.2, 0.25) is 0 Å². The Hall–Kier alpha value is -0.500. The smallest absolute Gasteiger partial charge is 0.122 e. The zero-order valence-corrected chi connectivity index (χ0v) is 10.7. The molecule has 0 atom stereocenters. The Balaban J connectivity index is 1.98. The number of halogens is 1. The van der Waals surface area contributed by atoms with Crippen LogP contribution in [0.3, 0.4) is 0 Å². The summed E-state index contributed by atoms with van der Waals surface area (Å²) in [6.07, 6.45) is 3.64. The summed E-state index contributed by atoms with van der Waals surface area (Å²) in [5.74, 6) is 1.06. The van der Waals surface area contributed by atoms with Crippen LogP contribution < -0.4 is 4.74 Å². The van der Waals surface area contributed by atoms with Crippen LogP contribution in [0.5, 0.6) is 5.75 Å². The van der Waals surface area contributed by atoms with E-state index in [2.05, 4.69) is 41.1 Å². The first-order valence-corrected chi connectivity index (χ1v) is 6.68. The monoisotopic (exact) mass is 268 g/mol. The van der Waals surface area contributed by atoms with Crippen molar-refractivity contribution in [2.75, 3.05) is 11.9 Å². The fourth-order valence-electron chi connectivity index (χ4n) is 1.66. The second-order valence-corrected chi connectivity index (χ2v) is 4.94. The molecule has 1 saturated carbocycles. The number of aryl methyl sites for hydroxylation is 1. The van der Waals surface area contributed by atoms with Crippen molar-refractivity contribution in [2.45, 2.75) is 26.2 Å². The zero-order valence-electron chi connectivity index (χ0n) is 9.13. The van der Waals surface area contributed by atoms with Crippen molar-refractivity contribution in [2.24, 2.45) is 5.41 Å². The predicted octanol–water partition coefficient (Wildman–Crippen LogP) is 3.80. The van der Waals surface area contributed by atoms with Gasteiger partial charge in [-0.05, 0) is 30.9 Å². The maximum atomic E-state index is 5.92. The molecule has 0 heterocycles. The number of alkyl halides is 1. The highest BCUT2D eigenvalue weighted by Crippen LogP contribution is 2.47. The summed E-state index contributed by atoms with van der Waals surface area (Å²) in [5.41, 5.74) is 1.74. The summed E-state index contributed by atoms with van der Waals surface area (Å²) in [6, 6.07) is 8.33. The molecule has 82 valence electrons. The molecule has 0 aromatic heterocycles. The summed E-state index contributed by atoms with van der Waals surface area (Å²) in [7, 11) is 0. The van der Waals surface area contributed by atoms with E-state index in [1.807, 2.05) is 6.07 Å². The fourth-order valence-corrected chi connectivity index (χ4v) is 2.38. The van der Waals surface area contributed by atoms with Gasteiger partial charge < -0.3 is 4.74 Å². The molecule has 1 aromatic carbocycles. The Morgan fingerprint density at radius 3 is 2.67 bits per heavy atom. The third-order valence-corrected chi connectivity index (χ3v) is 4.32. The highest BCUT2D eigenvalue weighted by molar-refractivity contribution is 9.09. The predicted molar refractivity (Wildman–Crippen MR) is 66.8 cm³/mol. The fraction of sp³-hybridized carbons (Fsp3) is 0.538. The van der Waals surface area contributed by atoms with Crippen LogP contribution >= 0.6 is 15.9 Å². The summed E-state index contributed by atoms with van der Waals surface area (Å²) in [5, 5.41) is 1.06. The van der Waals surface area contributed by atoms with Gasteiger partial charge in [-0.3, -0.25) is 0 Å². The summed E-state index contributed by atoms with van der Waals surface area (Å²) in [6.45, 7) is 3.02. The molecule has 1 aliphatic rings. The molecule has 1 nitrogen and oxygen atoms in total. The number of hydrogen-bond acceptors (Lipinski definition) is 1. The van der Waals surface area contributed by atoms with E-state index in [0.717, 1.165) is 24.1 Å². The van der Waals surface area contributed by atoms with Gasteiger partial charge in [0, 0.05) is 10.7 Å². The van der Waals surface area contributed by atoms with Crippen molar-refractivity contribution >= 4 is 15.9 Å².